The third-order valence-corrected chi connectivity index (χ3v) is 5.37. The minimum atomic E-state index is 0.178. The monoisotopic (exact) mass is 310 g/mol. The van der Waals surface area contributed by atoms with Crippen molar-refractivity contribution < 1.29 is 0 Å². The van der Waals surface area contributed by atoms with Crippen LogP contribution in [0.25, 0.3) is 0 Å². The van der Waals surface area contributed by atoms with Crippen molar-refractivity contribution in [1.82, 2.24) is 10.2 Å². The molecule has 1 aromatic rings. The summed E-state index contributed by atoms with van der Waals surface area (Å²) >= 11 is 6.37. The maximum atomic E-state index is 6.37. The fourth-order valence-electron chi connectivity index (χ4n) is 3.71. The summed E-state index contributed by atoms with van der Waals surface area (Å²) in [7, 11) is 2.07. The Bertz CT molecular complexity index is 411. The van der Waals surface area contributed by atoms with Crippen LogP contribution in [0.3, 0.4) is 0 Å². The Hall–Kier alpha value is -0.570. The number of halogens is 1. The highest BCUT2D eigenvalue weighted by Crippen LogP contribution is 2.31. The lowest BCUT2D eigenvalue weighted by atomic mass is 9.79. The van der Waals surface area contributed by atoms with Crippen LogP contribution in [-0.4, -0.2) is 36.6 Å². The van der Waals surface area contributed by atoms with Gasteiger partial charge in [0, 0.05) is 16.6 Å². The van der Waals surface area contributed by atoms with E-state index in [-0.39, 0.29) is 5.54 Å². The summed E-state index contributed by atoms with van der Waals surface area (Å²) in [5, 5.41) is 4.44. The second-order valence-corrected chi connectivity index (χ2v) is 6.03. The summed E-state index contributed by atoms with van der Waals surface area (Å²) in [6.45, 7) is 11.3. The Balaban J connectivity index is 3.11. The normalized spacial score (nSPS) is 13.7. The molecule has 0 fully saturated rings. The van der Waals surface area contributed by atoms with Crippen molar-refractivity contribution in [2.75, 3.05) is 20.1 Å². The molecule has 0 bridgehead atoms. The molecule has 0 aliphatic heterocycles. The van der Waals surface area contributed by atoms with Gasteiger partial charge in [0.05, 0.1) is 0 Å². The van der Waals surface area contributed by atoms with E-state index in [4.69, 9.17) is 11.6 Å². The maximum Gasteiger partial charge on any atom is 0.0438 e. The molecule has 0 heterocycles. The minimum Gasteiger partial charge on any atom is -0.315 e. The van der Waals surface area contributed by atoms with Gasteiger partial charge >= 0.3 is 0 Å². The average Bonchev–Trinajstić information content (AvgIpc) is 2.52. The van der Waals surface area contributed by atoms with Crippen LogP contribution in [0.4, 0.5) is 0 Å². The molecule has 1 unspecified atom stereocenters. The molecule has 0 saturated heterocycles. The molecule has 120 valence electrons. The predicted octanol–water partition coefficient (Wildman–Crippen LogP) is 4.37. The van der Waals surface area contributed by atoms with Crippen LogP contribution < -0.4 is 5.32 Å². The van der Waals surface area contributed by atoms with E-state index >= 15 is 0 Å². The van der Waals surface area contributed by atoms with E-state index in [1.807, 2.05) is 12.1 Å². The van der Waals surface area contributed by atoms with Crippen molar-refractivity contribution in [3.8, 4) is 0 Å². The largest absolute Gasteiger partial charge is 0.315 e. The summed E-state index contributed by atoms with van der Waals surface area (Å²) in [5.74, 6) is 0. The number of rotatable bonds is 9. The fourth-order valence-corrected chi connectivity index (χ4v) is 3.92. The molecule has 0 saturated carbocycles. The second kappa shape index (κ2) is 8.77. The summed E-state index contributed by atoms with van der Waals surface area (Å²) in [5.41, 5.74) is 1.41. The molecule has 1 atom stereocenters. The molecule has 3 heteroatoms. The lowest BCUT2D eigenvalue weighted by molar-refractivity contribution is 0.0519. The Kier molecular flexibility index (Phi) is 7.72. The predicted molar refractivity (Wildman–Crippen MR) is 94.2 cm³/mol. The highest BCUT2D eigenvalue weighted by molar-refractivity contribution is 6.31. The molecule has 21 heavy (non-hydrogen) atoms. The van der Waals surface area contributed by atoms with E-state index < -0.39 is 0 Å². The lowest BCUT2D eigenvalue weighted by Crippen LogP contribution is -2.61. The van der Waals surface area contributed by atoms with Gasteiger partial charge in [-0.2, -0.15) is 0 Å². The SMILES string of the molecule is CCN(CC)C(CC)(CC)C(Cc1ccccc1Cl)NC. The molecule has 0 spiro atoms. The van der Waals surface area contributed by atoms with Crippen LogP contribution >= 0.6 is 11.6 Å². The Morgan fingerprint density at radius 3 is 2.10 bits per heavy atom. The molecule has 0 aromatic heterocycles. The Morgan fingerprint density at radius 2 is 1.67 bits per heavy atom. The van der Waals surface area contributed by atoms with Crippen molar-refractivity contribution >= 4 is 11.6 Å². The fraction of sp³-hybridized carbons (Fsp3) is 0.667. The second-order valence-electron chi connectivity index (χ2n) is 5.62. The van der Waals surface area contributed by atoms with Crippen LogP contribution in [0.5, 0.6) is 0 Å². The smallest absolute Gasteiger partial charge is 0.0438 e. The average molecular weight is 311 g/mol. The van der Waals surface area contributed by atoms with Crippen LogP contribution in [-0.2, 0) is 6.42 Å². The van der Waals surface area contributed by atoms with E-state index in [0.29, 0.717) is 6.04 Å². The third-order valence-electron chi connectivity index (χ3n) is 5.00. The molecule has 2 nitrogen and oxygen atoms in total. The van der Waals surface area contributed by atoms with Gasteiger partial charge in [-0.15, -0.1) is 0 Å². The van der Waals surface area contributed by atoms with Crippen molar-refractivity contribution in [3.05, 3.63) is 34.9 Å². The molecule has 0 radical (unpaired) electrons. The number of likely N-dealkylation sites (N-methyl/N-ethyl adjacent to an activating group) is 2. The molecular formula is C18H31ClN2. The first kappa shape index (κ1) is 18.5. The molecule has 1 aromatic carbocycles. The van der Waals surface area contributed by atoms with Crippen LogP contribution in [0, 0.1) is 0 Å². The standard InChI is InChI=1S/C18H31ClN2/c1-6-18(7-2,21(8-3)9-4)17(20-5)14-15-12-10-11-13-16(15)19/h10-13,17,20H,6-9,14H2,1-5H3. The van der Waals surface area contributed by atoms with E-state index in [9.17, 15) is 0 Å². The zero-order valence-corrected chi connectivity index (χ0v) is 15.0. The van der Waals surface area contributed by atoms with Gasteiger partial charge in [-0.05, 0) is 51.0 Å². The molecule has 0 aliphatic rings. The number of hydrogen-bond donors (Lipinski definition) is 1. The van der Waals surface area contributed by atoms with E-state index in [2.05, 4.69) is 57.1 Å². The van der Waals surface area contributed by atoms with Gasteiger partial charge in [0.2, 0.25) is 0 Å². The molecule has 1 rings (SSSR count). The maximum absolute atomic E-state index is 6.37. The van der Waals surface area contributed by atoms with Gasteiger partial charge < -0.3 is 5.32 Å². The van der Waals surface area contributed by atoms with Gasteiger partial charge in [-0.25, -0.2) is 0 Å². The number of nitrogens with zero attached hydrogens (tertiary/aromatic N) is 1. The molecule has 1 N–H and O–H groups in total. The topological polar surface area (TPSA) is 15.3 Å². The van der Waals surface area contributed by atoms with Crippen molar-refractivity contribution in [2.24, 2.45) is 0 Å². The number of hydrogen-bond acceptors (Lipinski definition) is 2. The van der Waals surface area contributed by atoms with Gasteiger partial charge in [-0.3, -0.25) is 4.90 Å². The first-order valence-electron chi connectivity index (χ1n) is 8.25. The first-order chi connectivity index (χ1) is 10.1. The zero-order chi connectivity index (χ0) is 15.9. The highest BCUT2D eigenvalue weighted by atomic mass is 35.5. The Morgan fingerprint density at radius 1 is 1.10 bits per heavy atom. The minimum absolute atomic E-state index is 0.178. The van der Waals surface area contributed by atoms with Crippen molar-refractivity contribution in [3.63, 3.8) is 0 Å². The van der Waals surface area contributed by atoms with Gasteiger partial charge in [0.1, 0.15) is 0 Å². The van der Waals surface area contributed by atoms with Crippen molar-refractivity contribution in [2.45, 2.75) is 58.5 Å². The lowest BCUT2D eigenvalue weighted by Gasteiger charge is -2.48. The number of nitrogens with one attached hydrogen (secondary N) is 1. The number of benzene rings is 1. The quantitative estimate of drug-likeness (QED) is 0.728. The highest BCUT2D eigenvalue weighted by Gasteiger charge is 2.39. The van der Waals surface area contributed by atoms with Crippen LogP contribution in [0.2, 0.25) is 5.02 Å². The van der Waals surface area contributed by atoms with Crippen molar-refractivity contribution in [1.29, 1.82) is 0 Å². The Labute approximate surface area is 135 Å². The molecule has 0 amide bonds. The van der Waals surface area contributed by atoms with Crippen LogP contribution in [0.1, 0.15) is 46.1 Å². The third kappa shape index (κ3) is 4.00. The summed E-state index contributed by atoms with van der Waals surface area (Å²) in [6, 6.07) is 8.60. The summed E-state index contributed by atoms with van der Waals surface area (Å²) < 4.78 is 0. The first-order valence-corrected chi connectivity index (χ1v) is 8.63. The van der Waals surface area contributed by atoms with E-state index in [0.717, 1.165) is 37.4 Å². The van der Waals surface area contributed by atoms with Gasteiger partial charge in [0.25, 0.3) is 0 Å². The molecular weight excluding hydrogens is 280 g/mol. The van der Waals surface area contributed by atoms with Gasteiger partial charge in [0.15, 0.2) is 0 Å². The summed E-state index contributed by atoms with van der Waals surface area (Å²) in [4.78, 5) is 2.60. The van der Waals surface area contributed by atoms with E-state index in [1.54, 1.807) is 0 Å². The zero-order valence-electron chi connectivity index (χ0n) is 14.2. The van der Waals surface area contributed by atoms with E-state index in [1.165, 1.54) is 5.56 Å². The van der Waals surface area contributed by atoms with Gasteiger partial charge in [-0.1, -0.05) is 57.5 Å². The molecule has 0 aliphatic carbocycles. The van der Waals surface area contributed by atoms with Crippen LogP contribution in [0.15, 0.2) is 24.3 Å². The summed E-state index contributed by atoms with van der Waals surface area (Å²) in [6.07, 6.45) is 3.25.